The van der Waals surface area contributed by atoms with Crippen LogP contribution in [0, 0.1) is 0 Å². The second kappa shape index (κ2) is 10.8. The lowest BCUT2D eigenvalue weighted by molar-refractivity contribution is -0.137. The Balaban J connectivity index is 0.00000320. The minimum absolute atomic E-state index is 0. The highest BCUT2D eigenvalue weighted by molar-refractivity contribution is 14.0. The maximum atomic E-state index is 12.5. The number of nitrogens with one attached hydrogen (secondary N) is 1. The predicted octanol–water partition coefficient (Wildman–Crippen LogP) is 2.48. The fourth-order valence-electron chi connectivity index (χ4n) is 2.93. The van der Waals surface area contributed by atoms with Crippen molar-refractivity contribution in [1.29, 1.82) is 0 Å². The van der Waals surface area contributed by atoms with E-state index < -0.39 is 11.7 Å². The lowest BCUT2D eigenvalue weighted by Gasteiger charge is -2.34. The molecule has 0 spiro atoms. The van der Waals surface area contributed by atoms with Crippen molar-refractivity contribution in [1.82, 2.24) is 25.0 Å². The zero-order chi connectivity index (χ0) is 20.9. The van der Waals surface area contributed by atoms with E-state index in [1.807, 2.05) is 13.2 Å². The Labute approximate surface area is 189 Å². The summed E-state index contributed by atoms with van der Waals surface area (Å²) < 4.78 is 50.6. The van der Waals surface area contributed by atoms with Gasteiger partial charge < -0.3 is 19.7 Å². The SMILES string of the molecule is CN=C(NCCOc1ccc(C(F)(F)F)cn1)N1CCOC(c2cnn(C)c2)C1.I. The topological polar surface area (TPSA) is 76.8 Å². The van der Waals surface area contributed by atoms with E-state index in [0.29, 0.717) is 32.2 Å². The van der Waals surface area contributed by atoms with Crippen LogP contribution in [0.1, 0.15) is 17.2 Å². The summed E-state index contributed by atoms with van der Waals surface area (Å²) in [5.74, 6) is 0.837. The lowest BCUT2D eigenvalue weighted by atomic mass is 10.1. The lowest BCUT2D eigenvalue weighted by Crippen LogP contribution is -2.48. The van der Waals surface area contributed by atoms with Crippen molar-refractivity contribution in [3.63, 3.8) is 0 Å². The molecule has 0 bridgehead atoms. The molecule has 166 valence electrons. The molecule has 0 saturated carbocycles. The molecule has 0 aromatic carbocycles. The zero-order valence-corrected chi connectivity index (χ0v) is 18.9. The van der Waals surface area contributed by atoms with E-state index in [4.69, 9.17) is 9.47 Å². The molecular weight excluding hydrogens is 516 g/mol. The van der Waals surface area contributed by atoms with Crippen LogP contribution < -0.4 is 10.1 Å². The van der Waals surface area contributed by atoms with Gasteiger partial charge in [0.1, 0.15) is 12.7 Å². The molecule has 1 atom stereocenters. The highest BCUT2D eigenvalue weighted by Crippen LogP contribution is 2.29. The second-order valence-electron chi connectivity index (χ2n) is 6.46. The van der Waals surface area contributed by atoms with Crippen LogP contribution in [0.25, 0.3) is 0 Å². The minimum Gasteiger partial charge on any atom is -0.476 e. The summed E-state index contributed by atoms with van der Waals surface area (Å²) in [5, 5.41) is 7.37. The van der Waals surface area contributed by atoms with Gasteiger partial charge in [-0.2, -0.15) is 18.3 Å². The summed E-state index contributed by atoms with van der Waals surface area (Å²) in [4.78, 5) is 10.1. The van der Waals surface area contributed by atoms with Gasteiger partial charge in [0.15, 0.2) is 5.96 Å². The molecule has 3 heterocycles. The number of halogens is 4. The molecule has 3 rings (SSSR count). The number of morpholine rings is 1. The van der Waals surface area contributed by atoms with Gasteiger partial charge in [0.2, 0.25) is 5.88 Å². The van der Waals surface area contributed by atoms with Gasteiger partial charge in [-0.15, -0.1) is 24.0 Å². The monoisotopic (exact) mass is 540 g/mol. The van der Waals surface area contributed by atoms with E-state index in [2.05, 4.69) is 25.3 Å². The zero-order valence-electron chi connectivity index (χ0n) is 16.6. The van der Waals surface area contributed by atoms with Crippen molar-refractivity contribution in [3.8, 4) is 5.88 Å². The van der Waals surface area contributed by atoms with Gasteiger partial charge in [-0.25, -0.2) is 4.98 Å². The number of aliphatic imine (C=N–C) groups is 1. The third kappa shape index (κ3) is 6.45. The van der Waals surface area contributed by atoms with Crippen molar-refractivity contribution >= 4 is 29.9 Å². The van der Waals surface area contributed by atoms with E-state index in [9.17, 15) is 13.2 Å². The first kappa shape index (κ1) is 24.2. The van der Waals surface area contributed by atoms with Crippen LogP contribution in [-0.4, -0.2) is 65.5 Å². The molecule has 0 radical (unpaired) electrons. The highest BCUT2D eigenvalue weighted by atomic mass is 127. The second-order valence-corrected chi connectivity index (χ2v) is 6.46. The number of pyridine rings is 1. The number of hydrogen-bond donors (Lipinski definition) is 1. The number of ether oxygens (including phenoxy) is 2. The molecule has 1 aliphatic rings. The van der Waals surface area contributed by atoms with Crippen molar-refractivity contribution in [2.75, 3.05) is 39.9 Å². The first-order valence-electron chi connectivity index (χ1n) is 9.08. The van der Waals surface area contributed by atoms with Crippen LogP contribution in [0.5, 0.6) is 5.88 Å². The summed E-state index contributed by atoms with van der Waals surface area (Å²) in [5.41, 5.74) is 0.197. The maximum Gasteiger partial charge on any atom is 0.417 e. The van der Waals surface area contributed by atoms with Gasteiger partial charge in [0, 0.05) is 44.7 Å². The summed E-state index contributed by atoms with van der Waals surface area (Å²) in [6, 6.07) is 2.15. The molecular formula is C18H24F3IN6O2. The van der Waals surface area contributed by atoms with Crippen molar-refractivity contribution in [3.05, 3.63) is 41.9 Å². The van der Waals surface area contributed by atoms with E-state index in [1.54, 1.807) is 17.9 Å². The van der Waals surface area contributed by atoms with Crippen molar-refractivity contribution < 1.29 is 22.6 Å². The van der Waals surface area contributed by atoms with Gasteiger partial charge >= 0.3 is 6.18 Å². The third-order valence-corrected chi connectivity index (χ3v) is 4.37. The van der Waals surface area contributed by atoms with Gasteiger partial charge in [-0.1, -0.05) is 0 Å². The van der Waals surface area contributed by atoms with Gasteiger partial charge in [-0.3, -0.25) is 9.67 Å². The summed E-state index contributed by atoms with van der Waals surface area (Å²) >= 11 is 0. The number of guanidine groups is 1. The third-order valence-electron chi connectivity index (χ3n) is 4.37. The van der Waals surface area contributed by atoms with Crippen LogP contribution in [-0.2, 0) is 18.0 Å². The van der Waals surface area contributed by atoms with E-state index >= 15 is 0 Å². The Morgan fingerprint density at radius 3 is 2.77 bits per heavy atom. The molecule has 1 unspecified atom stereocenters. The maximum absolute atomic E-state index is 12.5. The minimum atomic E-state index is -4.41. The number of aryl methyl sites for hydroxylation is 1. The molecule has 2 aromatic heterocycles. The van der Waals surface area contributed by atoms with Crippen LogP contribution >= 0.6 is 24.0 Å². The quantitative estimate of drug-likeness (QED) is 0.272. The van der Waals surface area contributed by atoms with Crippen LogP contribution in [0.4, 0.5) is 13.2 Å². The number of hydrogen-bond acceptors (Lipinski definition) is 5. The number of rotatable bonds is 5. The fourth-order valence-corrected chi connectivity index (χ4v) is 2.93. The van der Waals surface area contributed by atoms with E-state index in [-0.39, 0.29) is 42.6 Å². The Bertz CT molecular complexity index is 828. The molecule has 1 aliphatic heterocycles. The molecule has 8 nitrogen and oxygen atoms in total. The van der Waals surface area contributed by atoms with Gasteiger partial charge in [-0.05, 0) is 6.07 Å². The Morgan fingerprint density at radius 2 is 2.17 bits per heavy atom. The van der Waals surface area contributed by atoms with Crippen molar-refractivity contribution in [2.45, 2.75) is 12.3 Å². The number of alkyl halides is 3. The molecule has 30 heavy (non-hydrogen) atoms. The standard InChI is InChI=1S/C18H23F3N6O2.HI/c1-22-17(27-6-8-28-15(12-27)13-9-25-26(2)11-13)23-5-7-29-16-4-3-14(10-24-16)18(19,20)21;/h3-4,9-11,15H,5-8,12H2,1-2H3,(H,22,23);1H. The Kier molecular flexibility index (Phi) is 8.70. The smallest absolute Gasteiger partial charge is 0.417 e. The average molecular weight is 540 g/mol. The molecule has 2 aromatic rings. The molecule has 0 amide bonds. The van der Waals surface area contributed by atoms with Crippen LogP contribution in [0.3, 0.4) is 0 Å². The summed E-state index contributed by atoms with van der Waals surface area (Å²) in [6.45, 7) is 2.54. The summed E-state index contributed by atoms with van der Waals surface area (Å²) in [6.07, 6.45) is -0.0344. The molecule has 12 heteroatoms. The normalized spacial score (nSPS) is 17.4. The Hall–Kier alpha value is -2.09. The van der Waals surface area contributed by atoms with Crippen molar-refractivity contribution in [2.24, 2.45) is 12.0 Å². The first-order valence-corrected chi connectivity index (χ1v) is 9.08. The van der Waals surface area contributed by atoms with E-state index in [1.165, 1.54) is 6.07 Å². The fraction of sp³-hybridized carbons (Fsp3) is 0.500. The largest absolute Gasteiger partial charge is 0.476 e. The number of nitrogens with zero attached hydrogens (tertiary/aromatic N) is 5. The number of aromatic nitrogens is 3. The van der Waals surface area contributed by atoms with Gasteiger partial charge in [0.05, 0.1) is 31.5 Å². The average Bonchev–Trinajstić information content (AvgIpc) is 3.14. The van der Waals surface area contributed by atoms with E-state index in [0.717, 1.165) is 17.8 Å². The molecule has 0 aliphatic carbocycles. The molecule has 1 N–H and O–H groups in total. The first-order chi connectivity index (χ1) is 13.9. The summed E-state index contributed by atoms with van der Waals surface area (Å²) in [7, 11) is 3.55. The van der Waals surface area contributed by atoms with Crippen LogP contribution in [0.15, 0.2) is 35.7 Å². The van der Waals surface area contributed by atoms with Crippen LogP contribution in [0.2, 0.25) is 0 Å². The molecule has 1 fully saturated rings. The van der Waals surface area contributed by atoms with Gasteiger partial charge in [0.25, 0.3) is 0 Å². The highest BCUT2D eigenvalue weighted by Gasteiger charge is 2.30. The predicted molar refractivity (Wildman–Crippen MR) is 115 cm³/mol. The molecule has 1 saturated heterocycles. The Morgan fingerprint density at radius 1 is 1.37 bits per heavy atom.